The Morgan fingerprint density at radius 3 is 3.00 bits per heavy atom. The van der Waals surface area contributed by atoms with E-state index in [1.165, 1.54) is 0 Å². The molecule has 2 heterocycles. The summed E-state index contributed by atoms with van der Waals surface area (Å²) in [6.07, 6.45) is 4.05. The first kappa shape index (κ1) is 16.3. The molecule has 0 atom stereocenters. The number of imidazole rings is 1. The van der Waals surface area contributed by atoms with E-state index in [1.54, 1.807) is 25.5 Å². The number of nitrogens with one attached hydrogen (secondary N) is 1. The third kappa shape index (κ3) is 3.51. The lowest BCUT2D eigenvalue weighted by Crippen LogP contribution is -2.38. The van der Waals surface area contributed by atoms with Gasteiger partial charge in [-0.1, -0.05) is 18.2 Å². The van der Waals surface area contributed by atoms with Crippen molar-refractivity contribution in [2.45, 2.75) is 13.1 Å². The van der Waals surface area contributed by atoms with Gasteiger partial charge in [0.15, 0.2) is 10.9 Å². The number of rotatable bonds is 5. The summed E-state index contributed by atoms with van der Waals surface area (Å²) >= 11 is 1.63. The van der Waals surface area contributed by atoms with E-state index in [0.717, 1.165) is 27.9 Å². The predicted octanol–water partition coefficient (Wildman–Crippen LogP) is 2.61. The van der Waals surface area contributed by atoms with Crippen LogP contribution in [0.3, 0.4) is 0 Å². The van der Waals surface area contributed by atoms with Gasteiger partial charge >= 0.3 is 0 Å². The zero-order valence-corrected chi connectivity index (χ0v) is 14.9. The number of para-hydroxylation sites is 1. The van der Waals surface area contributed by atoms with Crippen LogP contribution in [0.1, 0.15) is 11.3 Å². The van der Waals surface area contributed by atoms with Gasteiger partial charge in [-0.15, -0.1) is 11.3 Å². The summed E-state index contributed by atoms with van der Waals surface area (Å²) in [6.45, 7) is 1.35. The Bertz CT molecular complexity index is 810. The molecule has 0 aliphatic rings. The molecule has 1 aromatic carbocycles. The van der Waals surface area contributed by atoms with Gasteiger partial charge in [-0.2, -0.15) is 0 Å². The van der Waals surface area contributed by atoms with Gasteiger partial charge in [0.2, 0.25) is 0 Å². The highest BCUT2D eigenvalue weighted by molar-refractivity contribution is 7.15. The SMILES string of the molecule is CN=C(NCc1cn2ccsc2n1)N(C)Cc1ccccc1OC. The summed E-state index contributed by atoms with van der Waals surface area (Å²) in [5.41, 5.74) is 2.11. The van der Waals surface area contributed by atoms with E-state index in [-0.39, 0.29) is 0 Å². The summed E-state index contributed by atoms with van der Waals surface area (Å²) in [5, 5.41) is 5.39. The van der Waals surface area contributed by atoms with E-state index in [2.05, 4.69) is 26.3 Å². The lowest BCUT2D eigenvalue weighted by Gasteiger charge is -2.22. The lowest BCUT2D eigenvalue weighted by molar-refractivity contribution is 0.396. The fourth-order valence-electron chi connectivity index (χ4n) is 2.58. The fourth-order valence-corrected chi connectivity index (χ4v) is 3.30. The van der Waals surface area contributed by atoms with E-state index in [9.17, 15) is 0 Å². The van der Waals surface area contributed by atoms with Crippen LogP contribution in [-0.2, 0) is 13.1 Å². The zero-order valence-electron chi connectivity index (χ0n) is 14.1. The number of methoxy groups -OCH3 is 1. The van der Waals surface area contributed by atoms with Gasteiger partial charge in [0.25, 0.3) is 0 Å². The molecular formula is C17H21N5OS. The average molecular weight is 343 g/mol. The van der Waals surface area contributed by atoms with Crippen LogP contribution in [0.15, 0.2) is 47.0 Å². The summed E-state index contributed by atoms with van der Waals surface area (Å²) in [6, 6.07) is 8.02. The maximum atomic E-state index is 5.42. The molecule has 3 rings (SSSR count). The molecule has 0 unspecified atom stereocenters. The molecule has 6 nitrogen and oxygen atoms in total. The van der Waals surface area contributed by atoms with Gasteiger partial charge in [-0.25, -0.2) is 4.98 Å². The maximum Gasteiger partial charge on any atom is 0.194 e. The van der Waals surface area contributed by atoms with Gasteiger partial charge in [0, 0.05) is 44.0 Å². The normalized spacial score (nSPS) is 11.7. The average Bonchev–Trinajstić information content (AvgIpc) is 3.17. The highest BCUT2D eigenvalue weighted by Gasteiger charge is 2.10. The Balaban J connectivity index is 1.63. The first-order chi connectivity index (χ1) is 11.7. The van der Waals surface area contributed by atoms with Crippen molar-refractivity contribution in [3.8, 4) is 5.75 Å². The molecule has 2 aromatic heterocycles. The largest absolute Gasteiger partial charge is 0.496 e. The monoisotopic (exact) mass is 343 g/mol. The molecule has 0 amide bonds. The molecule has 0 saturated carbocycles. The minimum absolute atomic E-state index is 0.636. The Hall–Kier alpha value is -2.54. The third-order valence-corrected chi connectivity index (χ3v) is 4.51. The van der Waals surface area contributed by atoms with Gasteiger partial charge < -0.3 is 15.0 Å². The molecule has 7 heteroatoms. The van der Waals surface area contributed by atoms with Gasteiger partial charge in [-0.3, -0.25) is 9.39 Å². The highest BCUT2D eigenvalue weighted by Crippen LogP contribution is 2.18. The van der Waals surface area contributed by atoms with Crippen molar-refractivity contribution in [2.24, 2.45) is 4.99 Å². The molecule has 24 heavy (non-hydrogen) atoms. The van der Waals surface area contributed by atoms with E-state index >= 15 is 0 Å². The first-order valence-electron chi connectivity index (χ1n) is 7.66. The third-order valence-electron chi connectivity index (χ3n) is 3.74. The second kappa shape index (κ2) is 7.35. The van der Waals surface area contributed by atoms with Gasteiger partial charge in [0.1, 0.15) is 5.75 Å². The van der Waals surface area contributed by atoms with Crippen LogP contribution in [0.4, 0.5) is 0 Å². The van der Waals surface area contributed by atoms with E-state index < -0.39 is 0 Å². The number of hydrogen-bond donors (Lipinski definition) is 1. The Kier molecular flexibility index (Phi) is 5.00. The molecular weight excluding hydrogens is 322 g/mol. The molecule has 0 saturated heterocycles. The molecule has 3 aromatic rings. The van der Waals surface area contributed by atoms with Crippen LogP contribution in [-0.4, -0.2) is 41.4 Å². The molecule has 0 fully saturated rings. The van der Waals surface area contributed by atoms with Crippen molar-refractivity contribution >= 4 is 22.3 Å². The van der Waals surface area contributed by atoms with Gasteiger partial charge in [-0.05, 0) is 6.07 Å². The minimum atomic E-state index is 0.636. The standard InChI is InChI=1S/C17H21N5OS/c1-18-16(19-10-14-12-22-8-9-24-17(22)20-14)21(2)11-13-6-4-5-7-15(13)23-3/h4-9,12H,10-11H2,1-3H3,(H,18,19). The zero-order chi connectivity index (χ0) is 16.9. The molecule has 0 aliphatic heterocycles. The first-order valence-corrected chi connectivity index (χ1v) is 8.54. The summed E-state index contributed by atoms with van der Waals surface area (Å²) in [4.78, 5) is 12.0. The van der Waals surface area contributed by atoms with Crippen molar-refractivity contribution in [3.05, 3.63) is 53.3 Å². The number of ether oxygens (including phenoxy) is 1. The Morgan fingerprint density at radius 1 is 1.42 bits per heavy atom. The van der Waals surface area contributed by atoms with Crippen molar-refractivity contribution in [1.29, 1.82) is 0 Å². The molecule has 0 spiro atoms. The number of hydrogen-bond acceptors (Lipinski definition) is 4. The van der Waals surface area contributed by atoms with E-state index in [4.69, 9.17) is 4.74 Å². The predicted molar refractivity (Wildman–Crippen MR) is 97.7 cm³/mol. The number of guanidine groups is 1. The fraction of sp³-hybridized carbons (Fsp3) is 0.294. The minimum Gasteiger partial charge on any atom is -0.496 e. The Morgan fingerprint density at radius 2 is 2.25 bits per heavy atom. The van der Waals surface area contributed by atoms with Crippen LogP contribution < -0.4 is 10.1 Å². The number of benzene rings is 1. The van der Waals surface area contributed by atoms with Gasteiger partial charge in [0.05, 0.1) is 19.3 Å². The number of aromatic nitrogens is 2. The highest BCUT2D eigenvalue weighted by atomic mass is 32.1. The summed E-state index contributed by atoms with van der Waals surface area (Å²) in [5.74, 6) is 1.70. The number of thiazole rings is 1. The van der Waals surface area contributed by atoms with Crippen molar-refractivity contribution in [1.82, 2.24) is 19.6 Å². The molecule has 1 N–H and O–H groups in total. The second-order valence-electron chi connectivity index (χ2n) is 5.39. The topological polar surface area (TPSA) is 54.2 Å². The molecule has 0 radical (unpaired) electrons. The smallest absolute Gasteiger partial charge is 0.194 e. The number of aliphatic imine (C=N–C) groups is 1. The summed E-state index contributed by atoms with van der Waals surface area (Å²) in [7, 11) is 5.48. The van der Waals surface area contributed by atoms with Crippen molar-refractivity contribution in [3.63, 3.8) is 0 Å². The van der Waals surface area contributed by atoms with Crippen LogP contribution in [0, 0.1) is 0 Å². The van der Waals surface area contributed by atoms with Crippen LogP contribution in [0.2, 0.25) is 0 Å². The number of fused-ring (bicyclic) bond motifs is 1. The second-order valence-corrected chi connectivity index (χ2v) is 6.27. The maximum absolute atomic E-state index is 5.42. The molecule has 0 aliphatic carbocycles. The Labute approximate surface area is 145 Å². The quantitative estimate of drug-likeness (QED) is 0.571. The summed E-state index contributed by atoms with van der Waals surface area (Å²) < 4.78 is 7.45. The molecule has 0 bridgehead atoms. The van der Waals surface area contributed by atoms with Crippen LogP contribution in [0.5, 0.6) is 5.75 Å². The van der Waals surface area contributed by atoms with E-state index in [0.29, 0.717) is 13.1 Å². The van der Waals surface area contributed by atoms with Crippen LogP contribution in [0.25, 0.3) is 4.96 Å². The number of nitrogens with zero attached hydrogens (tertiary/aromatic N) is 4. The lowest BCUT2D eigenvalue weighted by atomic mass is 10.2. The van der Waals surface area contributed by atoms with E-state index in [1.807, 2.05) is 47.4 Å². The molecule has 126 valence electrons. The van der Waals surface area contributed by atoms with Crippen molar-refractivity contribution < 1.29 is 4.74 Å². The van der Waals surface area contributed by atoms with Crippen LogP contribution >= 0.6 is 11.3 Å². The van der Waals surface area contributed by atoms with Crippen molar-refractivity contribution in [2.75, 3.05) is 21.2 Å².